The molecule has 4 rings (SSSR count). The molecule has 0 N–H and O–H groups in total. The summed E-state index contributed by atoms with van der Waals surface area (Å²) >= 11 is 0. The molecule has 0 radical (unpaired) electrons. The maximum absolute atomic E-state index is 13.4. The molecule has 1 heterocycles. The molecular formula is C27H28F2N2O2. The highest BCUT2D eigenvalue weighted by Crippen LogP contribution is 2.26. The summed E-state index contributed by atoms with van der Waals surface area (Å²) in [6, 6.07) is 22.5. The maximum Gasteiger partial charge on any atom is 0.236 e. The number of nitrogens with zero attached hydrogens (tertiary/aromatic N) is 2. The number of benzene rings is 3. The maximum atomic E-state index is 13.4. The first-order valence-corrected chi connectivity index (χ1v) is 11.2. The molecule has 3 aromatic rings. The van der Waals surface area contributed by atoms with Crippen LogP contribution in [0.3, 0.4) is 0 Å². The van der Waals surface area contributed by atoms with E-state index in [1.54, 1.807) is 24.3 Å². The van der Waals surface area contributed by atoms with E-state index >= 15 is 0 Å². The average Bonchev–Trinajstić information content (AvgIpc) is 2.83. The topological polar surface area (TPSA) is 32.8 Å². The summed E-state index contributed by atoms with van der Waals surface area (Å²) in [4.78, 5) is 16.6. The quantitative estimate of drug-likeness (QED) is 0.483. The highest BCUT2D eigenvalue weighted by molar-refractivity contribution is 5.79. The minimum Gasteiger partial charge on any atom is -0.367 e. The number of halogens is 2. The fraction of sp³-hybridized carbons (Fsp3) is 0.296. The Morgan fingerprint density at radius 3 is 1.97 bits per heavy atom. The second-order valence-corrected chi connectivity index (χ2v) is 8.25. The van der Waals surface area contributed by atoms with Crippen molar-refractivity contribution in [2.75, 3.05) is 39.3 Å². The zero-order valence-corrected chi connectivity index (χ0v) is 18.5. The number of hydrogen-bond donors (Lipinski definition) is 0. The van der Waals surface area contributed by atoms with E-state index in [0.717, 1.165) is 30.6 Å². The van der Waals surface area contributed by atoms with E-state index in [1.807, 2.05) is 23.1 Å². The van der Waals surface area contributed by atoms with Crippen molar-refractivity contribution < 1.29 is 18.3 Å². The lowest BCUT2D eigenvalue weighted by Crippen LogP contribution is -2.51. The van der Waals surface area contributed by atoms with Gasteiger partial charge in [-0.3, -0.25) is 9.69 Å². The fourth-order valence-corrected chi connectivity index (χ4v) is 4.05. The molecule has 0 unspecified atom stereocenters. The number of amides is 1. The van der Waals surface area contributed by atoms with Crippen molar-refractivity contribution in [2.24, 2.45) is 0 Å². The minimum absolute atomic E-state index is 0.130. The molecule has 3 aromatic carbocycles. The van der Waals surface area contributed by atoms with Crippen LogP contribution in [0.15, 0.2) is 78.9 Å². The van der Waals surface area contributed by atoms with Crippen molar-refractivity contribution in [1.82, 2.24) is 9.80 Å². The predicted octanol–water partition coefficient (Wildman–Crippen LogP) is 4.46. The van der Waals surface area contributed by atoms with E-state index in [4.69, 9.17) is 4.74 Å². The molecule has 0 bridgehead atoms. The van der Waals surface area contributed by atoms with Crippen molar-refractivity contribution in [3.05, 3.63) is 107 Å². The first-order valence-electron chi connectivity index (χ1n) is 11.2. The Kier molecular flexibility index (Phi) is 7.81. The smallest absolute Gasteiger partial charge is 0.236 e. The van der Waals surface area contributed by atoms with E-state index in [2.05, 4.69) is 17.0 Å². The SMILES string of the molecule is O=C1CN(CCOC(c2ccc(F)cc2)c2ccc(F)cc2)CCN1CCc1ccccc1. The zero-order valence-electron chi connectivity index (χ0n) is 18.5. The van der Waals surface area contributed by atoms with Gasteiger partial charge in [0.05, 0.1) is 13.2 Å². The molecule has 4 nitrogen and oxygen atoms in total. The van der Waals surface area contributed by atoms with Gasteiger partial charge in [0, 0.05) is 26.2 Å². The molecule has 0 saturated carbocycles. The first-order chi connectivity index (χ1) is 16.1. The Morgan fingerprint density at radius 2 is 1.39 bits per heavy atom. The minimum atomic E-state index is -0.436. The molecule has 33 heavy (non-hydrogen) atoms. The molecular weight excluding hydrogens is 422 g/mol. The summed E-state index contributed by atoms with van der Waals surface area (Å²) in [5.74, 6) is -0.508. The number of piperazine rings is 1. The molecule has 172 valence electrons. The third-order valence-electron chi connectivity index (χ3n) is 5.95. The number of carbonyl (C=O) groups excluding carboxylic acids is 1. The number of ether oxygens (including phenoxy) is 1. The standard InChI is InChI=1S/C27H28F2N2O2/c28-24-10-6-22(7-11-24)27(23-8-12-25(29)13-9-23)33-19-18-30-16-17-31(26(32)20-30)15-14-21-4-2-1-3-5-21/h1-13,27H,14-20H2. The lowest BCUT2D eigenvalue weighted by atomic mass is 10.0. The number of rotatable bonds is 9. The van der Waals surface area contributed by atoms with E-state index in [1.165, 1.54) is 29.8 Å². The predicted molar refractivity (Wildman–Crippen MR) is 124 cm³/mol. The van der Waals surface area contributed by atoms with Gasteiger partial charge in [0.15, 0.2) is 0 Å². The van der Waals surface area contributed by atoms with E-state index in [9.17, 15) is 13.6 Å². The molecule has 0 aliphatic carbocycles. The number of carbonyl (C=O) groups is 1. The Labute approximate surface area is 193 Å². The van der Waals surface area contributed by atoms with Crippen LogP contribution in [-0.2, 0) is 16.0 Å². The third-order valence-corrected chi connectivity index (χ3v) is 5.95. The monoisotopic (exact) mass is 450 g/mol. The van der Waals surface area contributed by atoms with Crippen LogP contribution >= 0.6 is 0 Å². The lowest BCUT2D eigenvalue weighted by Gasteiger charge is -2.34. The molecule has 0 atom stereocenters. The Balaban J connectivity index is 1.30. The normalized spacial score (nSPS) is 14.8. The van der Waals surface area contributed by atoms with Gasteiger partial charge in [-0.05, 0) is 47.4 Å². The summed E-state index contributed by atoms with van der Waals surface area (Å²) in [7, 11) is 0. The van der Waals surface area contributed by atoms with E-state index in [0.29, 0.717) is 26.2 Å². The van der Waals surface area contributed by atoms with Crippen molar-refractivity contribution in [1.29, 1.82) is 0 Å². The van der Waals surface area contributed by atoms with Crippen molar-refractivity contribution in [2.45, 2.75) is 12.5 Å². The first kappa shape index (κ1) is 23.1. The largest absolute Gasteiger partial charge is 0.367 e. The van der Waals surface area contributed by atoms with Gasteiger partial charge in [-0.2, -0.15) is 0 Å². The summed E-state index contributed by atoms with van der Waals surface area (Å²) in [5.41, 5.74) is 2.82. The molecule has 1 aliphatic heterocycles. The highest BCUT2D eigenvalue weighted by atomic mass is 19.1. The molecule has 1 aliphatic rings. The molecule has 1 amide bonds. The second kappa shape index (κ2) is 11.2. The summed E-state index contributed by atoms with van der Waals surface area (Å²) in [5, 5.41) is 0. The van der Waals surface area contributed by atoms with Gasteiger partial charge in [-0.25, -0.2) is 8.78 Å². The Hall–Kier alpha value is -3.09. The van der Waals surface area contributed by atoms with Crippen LogP contribution in [0.5, 0.6) is 0 Å². The van der Waals surface area contributed by atoms with Gasteiger partial charge in [0.1, 0.15) is 17.7 Å². The Bertz CT molecular complexity index is 981. The van der Waals surface area contributed by atoms with Gasteiger partial charge in [0.2, 0.25) is 5.91 Å². The zero-order chi connectivity index (χ0) is 23.0. The van der Waals surface area contributed by atoms with E-state index in [-0.39, 0.29) is 17.5 Å². The summed E-state index contributed by atoms with van der Waals surface area (Å²) in [6.45, 7) is 3.60. The van der Waals surface area contributed by atoms with Crippen LogP contribution in [0.25, 0.3) is 0 Å². The van der Waals surface area contributed by atoms with Crippen molar-refractivity contribution in [3.8, 4) is 0 Å². The lowest BCUT2D eigenvalue weighted by molar-refractivity contribution is -0.136. The molecule has 1 fully saturated rings. The van der Waals surface area contributed by atoms with Gasteiger partial charge in [0.25, 0.3) is 0 Å². The van der Waals surface area contributed by atoms with Crippen LogP contribution in [0.1, 0.15) is 22.8 Å². The van der Waals surface area contributed by atoms with Crippen LogP contribution in [0.2, 0.25) is 0 Å². The van der Waals surface area contributed by atoms with Crippen LogP contribution < -0.4 is 0 Å². The van der Waals surface area contributed by atoms with Gasteiger partial charge < -0.3 is 9.64 Å². The highest BCUT2D eigenvalue weighted by Gasteiger charge is 2.24. The second-order valence-electron chi connectivity index (χ2n) is 8.25. The molecule has 1 saturated heterocycles. The van der Waals surface area contributed by atoms with Gasteiger partial charge in [-0.1, -0.05) is 54.6 Å². The molecule has 0 spiro atoms. The Morgan fingerprint density at radius 1 is 0.788 bits per heavy atom. The molecule has 0 aromatic heterocycles. The van der Waals surface area contributed by atoms with Crippen molar-refractivity contribution in [3.63, 3.8) is 0 Å². The average molecular weight is 451 g/mol. The van der Waals surface area contributed by atoms with Gasteiger partial charge >= 0.3 is 0 Å². The summed E-state index contributed by atoms with van der Waals surface area (Å²) < 4.78 is 32.9. The molecule has 6 heteroatoms. The summed E-state index contributed by atoms with van der Waals surface area (Å²) in [6.07, 6.45) is 0.418. The number of hydrogen-bond acceptors (Lipinski definition) is 3. The van der Waals surface area contributed by atoms with Gasteiger partial charge in [-0.15, -0.1) is 0 Å². The third kappa shape index (κ3) is 6.46. The van der Waals surface area contributed by atoms with Crippen LogP contribution in [-0.4, -0.2) is 55.0 Å². The van der Waals surface area contributed by atoms with Crippen LogP contribution in [0, 0.1) is 11.6 Å². The van der Waals surface area contributed by atoms with Crippen LogP contribution in [0.4, 0.5) is 8.78 Å². The fourth-order valence-electron chi connectivity index (χ4n) is 4.05. The van der Waals surface area contributed by atoms with Crippen molar-refractivity contribution >= 4 is 5.91 Å². The van der Waals surface area contributed by atoms with E-state index < -0.39 is 6.10 Å².